The molecule has 4 rings (SSSR count). The second-order valence-corrected chi connectivity index (χ2v) is 8.09. The van der Waals surface area contributed by atoms with Crippen molar-refractivity contribution in [3.63, 3.8) is 0 Å². The van der Waals surface area contributed by atoms with Gasteiger partial charge >= 0.3 is 0 Å². The van der Waals surface area contributed by atoms with Crippen LogP contribution >= 0.6 is 11.3 Å². The lowest BCUT2D eigenvalue weighted by molar-refractivity contribution is -0.123. The molecule has 2 unspecified atom stereocenters. The van der Waals surface area contributed by atoms with Crippen LogP contribution in [0.2, 0.25) is 0 Å². The second kappa shape index (κ2) is 8.62. The number of nitrogens with zero attached hydrogens (tertiary/aromatic N) is 2. The number of fused-ring (bicyclic) bond motifs is 2. The van der Waals surface area contributed by atoms with Gasteiger partial charge in [-0.1, -0.05) is 6.92 Å². The van der Waals surface area contributed by atoms with E-state index in [0.29, 0.717) is 17.8 Å². The number of halogens is 2. The molecule has 1 aromatic carbocycles. The van der Waals surface area contributed by atoms with Gasteiger partial charge in [0.15, 0.2) is 23.3 Å². The number of hydrogen-bond donors (Lipinski definition) is 1. The second-order valence-electron chi connectivity index (χ2n) is 7.25. The standard InChI is InChI=1S/C20H23F2N3O3S/c1-2-7-23-17(26)10-27-19-14(5-6-15(21)18(19)22)16-11-29-20(24-16)25-8-12-3-4-13(9-25)28-12/h5-6,11-13H,2-4,7-10H2,1H3,(H,23,26). The molecule has 6 nitrogen and oxygen atoms in total. The highest BCUT2D eigenvalue weighted by molar-refractivity contribution is 7.14. The van der Waals surface area contributed by atoms with Gasteiger partial charge in [0.25, 0.3) is 5.91 Å². The number of rotatable bonds is 7. The van der Waals surface area contributed by atoms with E-state index in [9.17, 15) is 13.6 Å². The minimum atomic E-state index is -1.12. The Bertz CT molecular complexity index is 880. The zero-order valence-electron chi connectivity index (χ0n) is 16.1. The fourth-order valence-electron chi connectivity index (χ4n) is 3.63. The first kappa shape index (κ1) is 20.0. The highest BCUT2D eigenvalue weighted by atomic mass is 32.1. The number of ether oxygens (including phenoxy) is 2. The monoisotopic (exact) mass is 423 g/mol. The number of carbonyl (C=O) groups excluding carboxylic acids is 1. The zero-order chi connectivity index (χ0) is 20.4. The highest BCUT2D eigenvalue weighted by Gasteiger charge is 2.34. The van der Waals surface area contributed by atoms with E-state index in [2.05, 4.69) is 15.2 Å². The number of carbonyl (C=O) groups is 1. The molecule has 156 valence electrons. The molecule has 0 aliphatic carbocycles. The van der Waals surface area contributed by atoms with Gasteiger partial charge in [-0.05, 0) is 31.4 Å². The Kier molecular flexibility index (Phi) is 5.96. The smallest absolute Gasteiger partial charge is 0.257 e. The van der Waals surface area contributed by atoms with Gasteiger partial charge in [-0.3, -0.25) is 4.79 Å². The van der Waals surface area contributed by atoms with E-state index in [4.69, 9.17) is 9.47 Å². The number of anilines is 1. The quantitative estimate of drug-likeness (QED) is 0.740. The third kappa shape index (κ3) is 4.35. The Labute approximate surface area is 171 Å². The summed E-state index contributed by atoms with van der Waals surface area (Å²) in [6.07, 6.45) is 3.34. The molecule has 0 radical (unpaired) electrons. The highest BCUT2D eigenvalue weighted by Crippen LogP contribution is 2.37. The van der Waals surface area contributed by atoms with Gasteiger partial charge in [0.05, 0.1) is 17.9 Å². The Balaban J connectivity index is 1.54. The van der Waals surface area contributed by atoms with E-state index >= 15 is 0 Å². The maximum atomic E-state index is 14.4. The number of benzene rings is 1. The van der Waals surface area contributed by atoms with Crippen LogP contribution in [-0.2, 0) is 9.53 Å². The van der Waals surface area contributed by atoms with Crippen LogP contribution in [0, 0.1) is 11.6 Å². The SMILES string of the molecule is CCCNC(=O)COc1c(-c2csc(N3CC4CCC(C3)O4)n2)ccc(F)c1F. The first-order chi connectivity index (χ1) is 14.0. The largest absolute Gasteiger partial charge is 0.480 e. The van der Waals surface area contributed by atoms with Crippen LogP contribution in [0.15, 0.2) is 17.5 Å². The van der Waals surface area contributed by atoms with Gasteiger partial charge in [-0.25, -0.2) is 9.37 Å². The molecule has 1 N–H and O–H groups in total. The summed E-state index contributed by atoms with van der Waals surface area (Å²) < 4.78 is 39.5. The minimum Gasteiger partial charge on any atom is -0.480 e. The van der Waals surface area contributed by atoms with E-state index in [1.54, 1.807) is 5.38 Å². The summed E-state index contributed by atoms with van der Waals surface area (Å²) in [5.41, 5.74) is 0.817. The third-order valence-corrected chi connectivity index (χ3v) is 5.95. The van der Waals surface area contributed by atoms with Crippen molar-refractivity contribution in [1.29, 1.82) is 0 Å². The third-order valence-electron chi connectivity index (χ3n) is 5.05. The Morgan fingerprint density at radius 1 is 1.34 bits per heavy atom. The van der Waals surface area contributed by atoms with Crippen molar-refractivity contribution in [2.24, 2.45) is 0 Å². The Morgan fingerprint density at radius 3 is 2.83 bits per heavy atom. The number of amides is 1. The molecule has 0 saturated carbocycles. The first-order valence-corrected chi connectivity index (χ1v) is 10.7. The topological polar surface area (TPSA) is 63.7 Å². The van der Waals surface area contributed by atoms with Crippen molar-refractivity contribution in [2.45, 2.75) is 38.4 Å². The predicted octanol–water partition coefficient (Wildman–Crippen LogP) is 3.36. The fourth-order valence-corrected chi connectivity index (χ4v) is 4.48. The van der Waals surface area contributed by atoms with Gasteiger partial charge in [-0.15, -0.1) is 11.3 Å². The summed E-state index contributed by atoms with van der Waals surface area (Å²) in [6, 6.07) is 2.47. The van der Waals surface area contributed by atoms with Gasteiger partial charge in [0, 0.05) is 30.6 Å². The summed E-state index contributed by atoms with van der Waals surface area (Å²) in [6.45, 7) is 3.59. The average Bonchev–Trinajstić information content (AvgIpc) is 3.34. The van der Waals surface area contributed by atoms with Crippen molar-refractivity contribution in [3.05, 3.63) is 29.1 Å². The number of morpholine rings is 1. The molecule has 3 heterocycles. The van der Waals surface area contributed by atoms with Gasteiger partial charge < -0.3 is 19.7 Å². The normalized spacial score (nSPS) is 20.7. The van der Waals surface area contributed by atoms with Crippen molar-refractivity contribution in [1.82, 2.24) is 10.3 Å². The lowest BCUT2D eigenvalue weighted by Crippen LogP contribution is -2.42. The van der Waals surface area contributed by atoms with E-state index in [0.717, 1.165) is 43.5 Å². The molecular weight excluding hydrogens is 400 g/mol. The van der Waals surface area contributed by atoms with Crippen LogP contribution in [-0.4, -0.2) is 49.3 Å². The van der Waals surface area contributed by atoms with E-state index in [1.165, 1.54) is 17.4 Å². The average molecular weight is 423 g/mol. The number of thiazole rings is 1. The fraction of sp³-hybridized carbons (Fsp3) is 0.500. The minimum absolute atomic E-state index is 0.227. The molecular formula is C20H23F2N3O3S. The van der Waals surface area contributed by atoms with Crippen molar-refractivity contribution >= 4 is 22.4 Å². The van der Waals surface area contributed by atoms with Crippen LogP contribution < -0.4 is 15.0 Å². The molecule has 1 aromatic heterocycles. The lowest BCUT2D eigenvalue weighted by atomic mass is 10.1. The van der Waals surface area contributed by atoms with Crippen LogP contribution in [0.5, 0.6) is 5.75 Å². The van der Waals surface area contributed by atoms with E-state index in [-0.39, 0.29) is 23.9 Å². The number of aromatic nitrogens is 1. The van der Waals surface area contributed by atoms with Crippen LogP contribution in [0.4, 0.5) is 13.9 Å². The van der Waals surface area contributed by atoms with Crippen LogP contribution in [0.3, 0.4) is 0 Å². The van der Waals surface area contributed by atoms with Crippen LogP contribution in [0.1, 0.15) is 26.2 Å². The summed E-state index contributed by atoms with van der Waals surface area (Å²) in [7, 11) is 0. The number of nitrogens with one attached hydrogen (secondary N) is 1. The molecule has 2 aliphatic rings. The lowest BCUT2D eigenvalue weighted by Gasteiger charge is -2.31. The number of hydrogen-bond acceptors (Lipinski definition) is 6. The molecule has 1 amide bonds. The molecule has 2 fully saturated rings. The van der Waals surface area contributed by atoms with Gasteiger partial charge in [0.2, 0.25) is 5.82 Å². The first-order valence-electron chi connectivity index (χ1n) is 9.79. The molecule has 2 atom stereocenters. The maximum absolute atomic E-state index is 14.4. The summed E-state index contributed by atoms with van der Waals surface area (Å²) in [5.74, 6) is -2.83. The maximum Gasteiger partial charge on any atom is 0.257 e. The van der Waals surface area contributed by atoms with E-state index in [1.807, 2.05) is 6.92 Å². The Hall–Kier alpha value is -2.26. The summed E-state index contributed by atoms with van der Waals surface area (Å²) in [4.78, 5) is 18.6. The zero-order valence-corrected chi connectivity index (χ0v) is 16.9. The summed E-state index contributed by atoms with van der Waals surface area (Å²) in [5, 5.41) is 5.26. The summed E-state index contributed by atoms with van der Waals surface area (Å²) >= 11 is 1.45. The van der Waals surface area contributed by atoms with Gasteiger partial charge in [0.1, 0.15) is 0 Å². The molecule has 2 aliphatic heterocycles. The molecule has 2 bridgehead atoms. The molecule has 2 aromatic rings. The predicted molar refractivity (Wildman–Crippen MR) is 106 cm³/mol. The molecule has 29 heavy (non-hydrogen) atoms. The van der Waals surface area contributed by atoms with Crippen LogP contribution in [0.25, 0.3) is 11.3 Å². The van der Waals surface area contributed by atoms with Crippen molar-refractivity contribution in [3.8, 4) is 17.0 Å². The molecule has 2 saturated heterocycles. The van der Waals surface area contributed by atoms with Crippen molar-refractivity contribution < 1.29 is 23.0 Å². The van der Waals surface area contributed by atoms with Gasteiger partial charge in [-0.2, -0.15) is 4.39 Å². The van der Waals surface area contributed by atoms with Crippen molar-refractivity contribution in [2.75, 3.05) is 31.1 Å². The molecule has 0 spiro atoms. The van der Waals surface area contributed by atoms with E-state index < -0.39 is 18.2 Å². The molecule has 9 heteroatoms. The Morgan fingerprint density at radius 2 is 2.10 bits per heavy atom.